The molecule has 2 aliphatic heterocycles. The van der Waals surface area contributed by atoms with Crippen LogP contribution < -0.4 is 5.32 Å². The molecular formula is C16H22N2O3S. The summed E-state index contributed by atoms with van der Waals surface area (Å²) in [5.41, 5.74) is 0.587. The Morgan fingerprint density at radius 2 is 2.18 bits per heavy atom. The topological polar surface area (TPSA) is 58.6 Å². The van der Waals surface area contributed by atoms with Crippen LogP contribution in [0.15, 0.2) is 29.2 Å². The van der Waals surface area contributed by atoms with E-state index in [0.29, 0.717) is 18.2 Å². The van der Waals surface area contributed by atoms with Gasteiger partial charge in [-0.2, -0.15) is 0 Å². The summed E-state index contributed by atoms with van der Waals surface area (Å²) < 4.78 is 17.2. The van der Waals surface area contributed by atoms with Gasteiger partial charge in [0.1, 0.15) is 0 Å². The maximum absolute atomic E-state index is 12.1. The molecule has 1 N–H and O–H groups in total. The lowest BCUT2D eigenvalue weighted by molar-refractivity contribution is -0.0461. The Hall–Kier alpha value is -1.24. The monoisotopic (exact) mass is 322 g/mol. The molecule has 3 unspecified atom stereocenters. The quantitative estimate of drug-likeness (QED) is 0.899. The number of hydrogen-bond acceptors (Lipinski definition) is 4. The Labute approximate surface area is 133 Å². The molecule has 0 saturated carbocycles. The summed E-state index contributed by atoms with van der Waals surface area (Å²) in [6, 6.07) is 7.47. The summed E-state index contributed by atoms with van der Waals surface area (Å²) in [6.07, 6.45) is 4.17. The normalized spacial score (nSPS) is 26.4. The molecule has 0 radical (unpaired) electrons. The van der Waals surface area contributed by atoms with Crippen molar-refractivity contribution in [2.75, 3.05) is 32.5 Å². The van der Waals surface area contributed by atoms with Gasteiger partial charge >= 0.3 is 0 Å². The summed E-state index contributed by atoms with van der Waals surface area (Å²) in [7, 11) is -1.02. The Balaban J connectivity index is 1.50. The SMILES string of the molecule is CS(=O)c1ccc(C(=O)NCC2CN3CCCC3CO2)cc1. The van der Waals surface area contributed by atoms with Crippen molar-refractivity contribution in [3.05, 3.63) is 29.8 Å². The van der Waals surface area contributed by atoms with Crippen LogP contribution in [0.2, 0.25) is 0 Å². The fraction of sp³-hybridized carbons (Fsp3) is 0.562. The van der Waals surface area contributed by atoms with E-state index in [1.165, 1.54) is 12.8 Å². The van der Waals surface area contributed by atoms with Crippen LogP contribution in [0.25, 0.3) is 0 Å². The minimum atomic E-state index is -1.02. The summed E-state index contributed by atoms with van der Waals surface area (Å²) in [5.74, 6) is -0.111. The number of ether oxygens (including phenoxy) is 1. The molecule has 3 atom stereocenters. The lowest BCUT2D eigenvalue weighted by atomic mass is 10.1. The van der Waals surface area contributed by atoms with Crippen LogP contribution >= 0.6 is 0 Å². The molecule has 22 heavy (non-hydrogen) atoms. The largest absolute Gasteiger partial charge is 0.373 e. The number of amides is 1. The first-order valence-corrected chi connectivity index (χ1v) is 9.26. The van der Waals surface area contributed by atoms with Gasteiger partial charge in [0.25, 0.3) is 5.91 Å². The molecule has 2 heterocycles. The first kappa shape index (κ1) is 15.6. The van der Waals surface area contributed by atoms with E-state index in [9.17, 15) is 9.00 Å². The molecule has 3 rings (SSSR count). The molecule has 5 nitrogen and oxygen atoms in total. The number of hydrogen-bond donors (Lipinski definition) is 1. The highest BCUT2D eigenvalue weighted by Crippen LogP contribution is 2.22. The second kappa shape index (κ2) is 6.89. The molecule has 0 aromatic heterocycles. The highest BCUT2D eigenvalue weighted by molar-refractivity contribution is 7.84. The zero-order valence-corrected chi connectivity index (χ0v) is 13.6. The minimum absolute atomic E-state index is 0.0701. The summed E-state index contributed by atoms with van der Waals surface area (Å²) in [5, 5.41) is 2.93. The smallest absolute Gasteiger partial charge is 0.251 e. The van der Waals surface area contributed by atoms with Crippen LogP contribution in [0.4, 0.5) is 0 Å². The van der Waals surface area contributed by atoms with Gasteiger partial charge in [0.15, 0.2) is 0 Å². The molecule has 2 aliphatic rings. The number of nitrogens with one attached hydrogen (secondary N) is 1. The average molecular weight is 322 g/mol. The van der Waals surface area contributed by atoms with Gasteiger partial charge in [0.05, 0.1) is 12.7 Å². The van der Waals surface area contributed by atoms with Gasteiger partial charge < -0.3 is 10.1 Å². The van der Waals surface area contributed by atoms with E-state index < -0.39 is 10.8 Å². The molecule has 1 aromatic rings. The average Bonchev–Trinajstić information content (AvgIpc) is 3.00. The number of morpholine rings is 1. The van der Waals surface area contributed by atoms with Gasteiger partial charge in [-0.1, -0.05) is 0 Å². The van der Waals surface area contributed by atoms with Crippen molar-refractivity contribution in [1.29, 1.82) is 0 Å². The number of fused-ring (bicyclic) bond motifs is 1. The highest BCUT2D eigenvalue weighted by Gasteiger charge is 2.32. The first-order chi connectivity index (χ1) is 10.6. The number of carbonyl (C=O) groups excluding carboxylic acids is 1. The zero-order chi connectivity index (χ0) is 15.5. The van der Waals surface area contributed by atoms with E-state index in [1.54, 1.807) is 30.5 Å². The maximum Gasteiger partial charge on any atom is 0.251 e. The van der Waals surface area contributed by atoms with Crippen molar-refractivity contribution in [2.24, 2.45) is 0 Å². The van der Waals surface area contributed by atoms with E-state index in [1.807, 2.05) is 0 Å². The third kappa shape index (κ3) is 3.56. The third-order valence-electron chi connectivity index (χ3n) is 4.40. The van der Waals surface area contributed by atoms with Crippen molar-refractivity contribution in [3.63, 3.8) is 0 Å². The lowest BCUT2D eigenvalue weighted by Crippen LogP contribution is -2.50. The summed E-state index contributed by atoms with van der Waals surface area (Å²) in [4.78, 5) is 15.3. The Morgan fingerprint density at radius 1 is 1.41 bits per heavy atom. The standard InChI is InChI=1S/C16H22N2O3S/c1-22(20)15-6-4-12(5-7-15)16(19)17-9-14-10-18-8-2-3-13(18)11-21-14/h4-7,13-14H,2-3,8-11H2,1H3,(H,17,19). The van der Waals surface area contributed by atoms with Crippen LogP contribution in [0.5, 0.6) is 0 Å². The van der Waals surface area contributed by atoms with Crippen LogP contribution in [-0.2, 0) is 15.5 Å². The van der Waals surface area contributed by atoms with Gasteiger partial charge in [-0.25, -0.2) is 0 Å². The van der Waals surface area contributed by atoms with Crippen molar-refractivity contribution < 1.29 is 13.7 Å². The second-order valence-corrected chi connectivity index (χ2v) is 7.31. The van der Waals surface area contributed by atoms with Crippen molar-refractivity contribution in [3.8, 4) is 0 Å². The number of benzene rings is 1. The second-order valence-electron chi connectivity index (χ2n) is 5.93. The zero-order valence-electron chi connectivity index (χ0n) is 12.8. The number of rotatable bonds is 4. The Kier molecular flexibility index (Phi) is 4.90. The molecule has 0 bridgehead atoms. The van der Waals surface area contributed by atoms with Crippen molar-refractivity contribution in [2.45, 2.75) is 29.9 Å². The molecule has 6 heteroatoms. The minimum Gasteiger partial charge on any atom is -0.373 e. The van der Waals surface area contributed by atoms with Crippen LogP contribution in [0.1, 0.15) is 23.2 Å². The number of carbonyl (C=O) groups is 1. The van der Waals surface area contributed by atoms with Crippen molar-refractivity contribution >= 4 is 16.7 Å². The van der Waals surface area contributed by atoms with Gasteiger partial charge in [-0.3, -0.25) is 13.9 Å². The molecule has 0 aliphatic carbocycles. The maximum atomic E-state index is 12.1. The van der Waals surface area contributed by atoms with Gasteiger partial charge in [0.2, 0.25) is 0 Å². The molecule has 120 valence electrons. The molecule has 2 saturated heterocycles. The highest BCUT2D eigenvalue weighted by atomic mass is 32.2. The Bertz CT molecular complexity index is 561. The number of nitrogens with zero attached hydrogens (tertiary/aromatic N) is 1. The van der Waals surface area contributed by atoms with Gasteiger partial charge in [-0.05, 0) is 43.7 Å². The molecular weight excluding hydrogens is 300 g/mol. The van der Waals surface area contributed by atoms with Crippen molar-refractivity contribution in [1.82, 2.24) is 10.2 Å². The molecule has 0 spiro atoms. The van der Waals surface area contributed by atoms with E-state index in [2.05, 4.69) is 10.2 Å². The van der Waals surface area contributed by atoms with Gasteiger partial charge in [-0.15, -0.1) is 0 Å². The Morgan fingerprint density at radius 3 is 2.91 bits per heavy atom. The van der Waals surface area contributed by atoms with E-state index in [0.717, 1.165) is 24.6 Å². The van der Waals surface area contributed by atoms with E-state index in [4.69, 9.17) is 4.74 Å². The fourth-order valence-corrected chi connectivity index (χ4v) is 3.64. The van der Waals surface area contributed by atoms with Crippen LogP contribution in [0, 0.1) is 0 Å². The van der Waals surface area contributed by atoms with Crippen LogP contribution in [-0.4, -0.2) is 59.7 Å². The predicted octanol–water partition coefficient (Wildman–Crippen LogP) is 1.02. The van der Waals surface area contributed by atoms with Crippen LogP contribution in [0.3, 0.4) is 0 Å². The van der Waals surface area contributed by atoms with E-state index in [-0.39, 0.29) is 12.0 Å². The predicted molar refractivity (Wildman–Crippen MR) is 85.4 cm³/mol. The van der Waals surface area contributed by atoms with Gasteiger partial charge in [0, 0.05) is 46.6 Å². The fourth-order valence-electron chi connectivity index (χ4n) is 3.12. The molecule has 2 fully saturated rings. The molecule has 1 amide bonds. The first-order valence-electron chi connectivity index (χ1n) is 7.71. The van der Waals surface area contributed by atoms with E-state index >= 15 is 0 Å². The lowest BCUT2D eigenvalue weighted by Gasteiger charge is -2.35. The summed E-state index contributed by atoms with van der Waals surface area (Å²) in [6.45, 7) is 3.36. The molecule has 1 aromatic carbocycles. The third-order valence-corrected chi connectivity index (χ3v) is 5.34. The summed E-state index contributed by atoms with van der Waals surface area (Å²) >= 11 is 0.